The molecule has 4 heterocycles. The van der Waals surface area contributed by atoms with E-state index in [-0.39, 0.29) is 11.5 Å². The highest BCUT2D eigenvalue weighted by Crippen LogP contribution is 2.21. The van der Waals surface area contributed by atoms with Gasteiger partial charge in [0.25, 0.3) is 5.56 Å². The maximum Gasteiger partial charge on any atom is 0.272 e. The molecule has 5 rings (SSSR count). The number of unbranched alkanes of at least 4 members (excludes halogenated alkanes) is 1. The Balaban J connectivity index is 1.29. The van der Waals surface area contributed by atoms with Crippen LogP contribution in [0.4, 0.5) is 5.69 Å². The first kappa shape index (κ1) is 22.6. The van der Waals surface area contributed by atoms with Crippen molar-refractivity contribution in [2.75, 3.05) is 31.1 Å². The molecule has 1 aromatic carbocycles. The van der Waals surface area contributed by atoms with E-state index in [4.69, 9.17) is 0 Å². The predicted octanol–water partition coefficient (Wildman–Crippen LogP) is 3.50. The van der Waals surface area contributed by atoms with Crippen LogP contribution in [0.1, 0.15) is 37.6 Å². The summed E-state index contributed by atoms with van der Waals surface area (Å²) >= 11 is 1.45. The van der Waals surface area contributed by atoms with Crippen molar-refractivity contribution in [3.05, 3.63) is 57.5 Å². The molecular formula is C25H30N6O2S. The Labute approximate surface area is 202 Å². The second-order valence-corrected chi connectivity index (χ2v) is 9.82. The molecule has 1 fully saturated rings. The molecule has 1 amide bonds. The lowest BCUT2D eigenvalue weighted by Gasteiger charge is -2.36. The third-order valence-electron chi connectivity index (χ3n) is 6.58. The first-order chi connectivity index (χ1) is 16.6. The van der Waals surface area contributed by atoms with Crippen LogP contribution in [0, 0.1) is 6.92 Å². The Morgan fingerprint density at radius 2 is 1.94 bits per heavy atom. The van der Waals surface area contributed by atoms with Crippen LogP contribution < -0.4 is 10.5 Å². The quantitative estimate of drug-likeness (QED) is 0.406. The van der Waals surface area contributed by atoms with Gasteiger partial charge in [0.2, 0.25) is 11.7 Å². The van der Waals surface area contributed by atoms with Crippen molar-refractivity contribution < 1.29 is 4.79 Å². The molecule has 0 N–H and O–H groups in total. The number of nitrogens with zero attached hydrogens (tertiary/aromatic N) is 6. The molecule has 34 heavy (non-hydrogen) atoms. The molecule has 3 aromatic heterocycles. The summed E-state index contributed by atoms with van der Waals surface area (Å²) in [6.45, 7) is 7.94. The summed E-state index contributed by atoms with van der Waals surface area (Å²) in [6.07, 6.45) is 2.77. The van der Waals surface area contributed by atoms with Gasteiger partial charge < -0.3 is 9.80 Å². The number of carbonyl (C=O) groups excluding carboxylic acids is 1. The highest BCUT2D eigenvalue weighted by Gasteiger charge is 2.23. The zero-order valence-corrected chi connectivity index (χ0v) is 20.6. The lowest BCUT2D eigenvalue weighted by molar-refractivity contribution is -0.131. The number of carbonyl (C=O) groups is 1. The zero-order chi connectivity index (χ0) is 23.7. The average molecular weight is 479 g/mol. The van der Waals surface area contributed by atoms with Gasteiger partial charge in [-0.15, -0.1) is 21.5 Å². The van der Waals surface area contributed by atoms with Gasteiger partial charge in [-0.3, -0.25) is 18.6 Å². The monoisotopic (exact) mass is 478 g/mol. The van der Waals surface area contributed by atoms with Gasteiger partial charge in [-0.2, -0.15) is 0 Å². The van der Waals surface area contributed by atoms with Crippen molar-refractivity contribution in [2.24, 2.45) is 0 Å². The van der Waals surface area contributed by atoms with E-state index in [9.17, 15) is 9.59 Å². The summed E-state index contributed by atoms with van der Waals surface area (Å²) in [6, 6.07) is 10.4. The maximum absolute atomic E-state index is 13.0. The molecular weight excluding hydrogens is 448 g/mol. The van der Waals surface area contributed by atoms with Crippen LogP contribution in [-0.4, -0.2) is 56.2 Å². The molecule has 0 saturated carbocycles. The zero-order valence-electron chi connectivity index (χ0n) is 19.7. The van der Waals surface area contributed by atoms with Crippen LogP contribution >= 0.6 is 11.3 Å². The Kier molecular flexibility index (Phi) is 6.36. The molecule has 0 aliphatic carbocycles. The minimum atomic E-state index is -0.00698. The van der Waals surface area contributed by atoms with Crippen LogP contribution in [0.25, 0.3) is 16.0 Å². The molecule has 8 nitrogen and oxygen atoms in total. The van der Waals surface area contributed by atoms with E-state index < -0.39 is 0 Å². The van der Waals surface area contributed by atoms with Crippen molar-refractivity contribution in [2.45, 2.75) is 46.1 Å². The summed E-state index contributed by atoms with van der Waals surface area (Å²) in [7, 11) is 0. The third kappa shape index (κ3) is 4.20. The standard InChI is InChI=1S/C25H30N6O2S/c1-3-4-11-30-24(33)23-20(10-16-34-23)31-21(26-27-25(30)31)8-9-22(32)29-14-12-28(13-15-29)19-7-5-6-18(2)17-19/h5-7,10,16-17H,3-4,8-9,11-15H2,1-2H3. The number of amides is 1. The molecule has 0 unspecified atom stereocenters. The maximum atomic E-state index is 13.0. The van der Waals surface area contributed by atoms with Crippen molar-refractivity contribution in [1.82, 2.24) is 24.1 Å². The number of anilines is 1. The van der Waals surface area contributed by atoms with Gasteiger partial charge in [0.05, 0.1) is 5.52 Å². The number of rotatable bonds is 7. The molecule has 0 atom stereocenters. The number of aryl methyl sites for hydroxylation is 3. The normalized spacial score (nSPS) is 14.4. The van der Waals surface area contributed by atoms with Gasteiger partial charge in [-0.05, 0) is 42.5 Å². The van der Waals surface area contributed by atoms with Gasteiger partial charge in [0.15, 0.2) is 0 Å². The molecule has 1 aliphatic rings. The molecule has 1 saturated heterocycles. The van der Waals surface area contributed by atoms with Gasteiger partial charge in [-0.1, -0.05) is 25.5 Å². The van der Waals surface area contributed by atoms with Crippen LogP contribution in [0.15, 0.2) is 40.5 Å². The lowest BCUT2D eigenvalue weighted by atomic mass is 10.2. The fourth-order valence-electron chi connectivity index (χ4n) is 4.68. The number of hydrogen-bond donors (Lipinski definition) is 0. The Morgan fingerprint density at radius 3 is 2.71 bits per heavy atom. The summed E-state index contributed by atoms with van der Waals surface area (Å²) < 4.78 is 4.40. The molecule has 0 spiro atoms. The molecule has 178 valence electrons. The Bertz CT molecular complexity index is 1380. The van der Waals surface area contributed by atoms with Crippen LogP contribution in [0.3, 0.4) is 0 Å². The number of fused-ring (bicyclic) bond motifs is 3. The first-order valence-corrected chi connectivity index (χ1v) is 12.9. The van der Waals surface area contributed by atoms with E-state index >= 15 is 0 Å². The largest absolute Gasteiger partial charge is 0.368 e. The molecule has 0 bridgehead atoms. The Hall–Kier alpha value is -3.20. The van der Waals surface area contributed by atoms with E-state index in [1.165, 1.54) is 22.6 Å². The summed E-state index contributed by atoms with van der Waals surface area (Å²) in [5, 5.41) is 10.7. The highest BCUT2D eigenvalue weighted by molar-refractivity contribution is 7.17. The average Bonchev–Trinajstić information content (AvgIpc) is 3.50. The second kappa shape index (κ2) is 9.58. The van der Waals surface area contributed by atoms with Crippen molar-refractivity contribution in [3.63, 3.8) is 0 Å². The predicted molar refractivity (Wildman–Crippen MR) is 136 cm³/mol. The van der Waals surface area contributed by atoms with Crippen LogP contribution in [-0.2, 0) is 17.8 Å². The number of aromatic nitrogens is 4. The van der Waals surface area contributed by atoms with E-state index in [0.717, 1.165) is 50.4 Å². The number of hydrogen-bond acceptors (Lipinski definition) is 6. The summed E-state index contributed by atoms with van der Waals surface area (Å²) in [4.78, 5) is 30.3. The Morgan fingerprint density at radius 1 is 1.12 bits per heavy atom. The smallest absolute Gasteiger partial charge is 0.272 e. The highest BCUT2D eigenvalue weighted by atomic mass is 32.1. The van der Waals surface area contributed by atoms with Crippen LogP contribution in [0.5, 0.6) is 0 Å². The fourth-order valence-corrected chi connectivity index (χ4v) is 5.50. The third-order valence-corrected chi connectivity index (χ3v) is 7.47. The topological polar surface area (TPSA) is 75.7 Å². The molecule has 0 radical (unpaired) electrons. The minimum Gasteiger partial charge on any atom is -0.368 e. The van der Waals surface area contributed by atoms with Crippen molar-refractivity contribution >= 4 is 38.9 Å². The molecule has 1 aliphatic heterocycles. The van der Waals surface area contributed by atoms with Gasteiger partial charge in [-0.25, -0.2) is 0 Å². The van der Waals surface area contributed by atoms with Crippen molar-refractivity contribution in [1.29, 1.82) is 0 Å². The summed E-state index contributed by atoms with van der Waals surface area (Å²) in [5.41, 5.74) is 3.29. The van der Waals surface area contributed by atoms with Crippen LogP contribution in [0.2, 0.25) is 0 Å². The van der Waals surface area contributed by atoms with E-state index in [1.807, 2.05) is 20.7 Å². The van der Waals surface area contributed by atoms with Crippen molar-refractivity contribution in [3.8, 4) is 0 Å². The summed E-state index contributed by atoms with van der Waals surface area (Å²) in [5.74, 6) is 1.44. The molecule has 9 heteroatoms. The van der Waals surface area contributed by atoms with Gasteiger partial charge in [0.1, 0.15) is 10.5 Å². The second-order valence-electron chi connectivity index (χ2n) is 8.90. The van der Waals surface area contributed by atoms with Gasteiger partial charge >= 0.3 is 0 Å². The number of thiophene rings is 1. The number of benzene rings is 1. The van der Waals surface area contributed by atoms with E-state index in [0.29, 0.717) is 29.9 Å². The molecule has 4 aromatic rings. The lowest BCUT2D eigenvalue weighted by Crippen LogP contribution is -2.48. The minimum absolute atomic E-state index is 0.00698. The fraction of sp³-hybridized carbons (Fsp3) is 0.440. The van der Waals surface area contributed by atoms with E-state index in [1.54, 1.807) is 4.57 Å². The van der Waals surface area contributed by atoms with Gasteiger partial charge in [0, 0.05) is 51.3 Å². The van der Waals surface area contributed by atoms with E-state index in [2.05, 4.69) is 53.2 Å². The first-order valence-electron chi connectivity index (χ1n) is 12.0. The number of piperazine rings is 1. The SMILES string of the molecule is CCCCn1c(=O)c2sccc2n2c(CCC(=O)N3CCN(c4cccc(C)c4)CC3)nnc12.